The molecule has 1 aliphatic rings. The molecule has 7 heteroatoms. The summed E-state index contributed by atoms with van der Waals surface area (Å²) in [5.41, 5.74) is 4.64. The van der Waals surface area contributed by atoms with E-state index >= 15 is 0 Å². The van der Waals surface area contributed by atoms with Crippen molar-refractivity contribution in [2.45, 2.75) is 71.4 Å². The Labute approximate surface area is 132 Å². The summed E-state index contributed by atoms with van der Waals surface area (Å²) in [6.45, 7) is 11.2. The van der Waals surface area contributed by atoms with Gasteiger partial charge in [0.2, 0.25) is 0 Å². The van der Waals surface area contributed by atoms with E-state index in [1.165, 1.54) is 4.90 Å². The maximum atomic E-state index is 12.5. The number of nitrogens with zero attached hydrogens (tertiary/aromatic N) is 1. The molecule has 0 aromatic rings. The highest BCUT2D eigenvalue weighted by Crippen LogP contribution is 2.31. The molecule has 2 N–H and O–H groups in total. The maximum Gasteiger partial charge on any atom is 0.412 e. The molecule has 0 bridgehead atoms. The highest BCUT2D eigenvalue weighted by molar-refractivity contribution is 5.72. The van der Waals surface area contributed by atoms with Gasteiger partial charge in [-0.2, -0.15) is 0 Å². The molecule has 0 spiro atoms. The summed E-state index contributed by atoms with van der Waals surface area (Å²) >= 11 is 0. The molecule has 0 aliphatic carbocycles. The first-order valence-electron chi connectivity index (χ1n) is 7.55. The maximum absolute atomic E-state index is 12.5. The number of hydrogen-bond donors (Lipinski definition) is 1. The molecule has 1 aliphatic heterocycles. The molecule has 1 saturated heterocycles. The summed E-state index contributed by atoms with van der Waals surface area (Å²) in [4.78, 5) is 25.5. The third kappa shape index (κ3) is 4.84. The molecule has 2 atom stereocenters. The average molecular weight is 316 g/mol. The van der Waals surface area contributed by atoms with E-state index in [-0.39, 0.29) is 19.0 Å². The Hall–Kier alpha value is -1.34. The Bertz CT molecular complexity index is 417. The van der Waals surface area contributed by atoms with Gasteiger partial charge in [-0.15, -0.1) is 0 Å². The fourth-order valence-electron chi connectivity index (χ4n) is 2.36. The molecule has 0 aromatic heterocycles. The third-order valence-electron chi connectivity index (χ3n) is 3.31. The van der Waals surface area contributed by atoms with Crippen molar-refractivity contribution in [2.75, 3.05) is 13.2 Å². The zero-order valence-corrected chi connectivity index (χ0v) is 14.3. The summed E-state index contributed by atoms with van der Waals surface area (Å²) in [6.07, 6.45) is -0.476. The molecule has 2 unspecified atom stereocenters. The Morgan fingerprint density at radius 1 is 1.41 bits per heavy atom. The molecular weight excluding hydrogens is 288 g/mol. The Morgan fingerprint density at radius 2 is 2.00 bits per heavy atom. The van der Waals surface area contributed by atoms with Gasteiger partial charge in [0.15, 0.2) is 0 Å². The molecule has 1 amide bonds. The standard InChI is InChI=1S/C15H28N2O5/c1-7-20-12(18)8-10(16)11-9-21-15(5,6)17(11)13(19)22-14(2,3)4/h10-11H,7-9,16H2,1-6H3. The Morgan fingerprint density at radius 3 is 2.50 bits per heavy atom. The third-order valence-corrected chi connectivity index (χ3v) is 3.31. The fraction of sp³-hybridized carbons (Fsp3) is 0.867. The van der Waals surface area contributed by atoms with Crippen molar-refractivity contribution in [3.05, 3.63) is 0 Å². The number of rotatable bonds is 4. The van der Waals surface area contributed by atoms with E-state index in [1.54, 1.807) is 41.5 Å². The second kappa shape index (κ2) is 6.83. The van der Waals surface area contributed by atoms with Crippen LogP contribution in [0, 0.1) is 0 Å². The molecule has 0 radical (unpaired) electrons. The molecular formula is C15H28N2O5. The van der Waals surface area contributed by atoms with Crippen LogP contribution in [0.5, 0.6) is 0 Å². The van der Waals surface area contributed by atoms with Crippen LogP contribution in [-0.2, 0) is 19.0 Å². The normalized spacial score (nSPS) is 22.3. The van der Waals surface area contributed by atoms with Crippen LogP contribution in [0.2, 0.25) is 0 Å². The van der Waals surface area contributed by atoms with E-state index in [2.05, 4.69) is 0 Å². The van der Waals surface area contributed by atoms with Crippen molar-refractivity contribution >= 4 is 12.1 Å². The second-order valence-corrected chi connectivity index (χ2v) is 6.85. The van der Waals surface area contributed by atoms with Crippen molar-refractivity contribution in [2.24, 2.45) is 5.73 Å². The number of hydrogen-bond acceptors (Lipinski definition) is 6. The predicted octanol–water partition coefficient (Wildman–Crippen LogP) is 1.64. The topological polar surface area (TPSA) is 91.1 Å². The first-order valence-corrected chi connectivity index (χ1v) is 7.55. The molecule has 22 heavy (non-hydrogen) atoms. The first-order chi connectivity index (χ1) is 9.98. The molecule has 128 valence electrons. The zero-order chi connectivity index (χ0) is 17.1. The number of carbonyl (C=O) groups excluding carboxylic acids is 2. The molecule has 0 aromatic carbocycles. The lowest BCUT2D eigenvalue weighted by Crippen LogP contribution is -2.55. The van der Waals surface area contributed by atoms with Crippen LogP contribution in [0.3, 0.4) is 0 Å². The van der Waals surface area contributed by atoms with Crippen molar-refractivity contribution in [1.29, 1.82) is 0 Å². The number of carbonyl (C=O) groups is 2. The highest BCUT2D eigenvalue weighted by atomic mass is 16.6. The monoisotopic (exact) mass is 316 g/mol. The van der Waals surface area contributed by atoms with Crippen molar-refractivity contribution in [3.63, 3.8) is 0 Å². The van der Waals surface area contributed by atoms with Crippen LogP contribution in [-0.4, -0.2) is 53.6 Å². The van der Waals surface area contributed by atoms with Crippen molar-refractivity contribution < 1.29 is 23.8 Å². The van der Waals surface area contributed by atoms with E-state index in [1.807, 2.05) is 0 Å². The van der Waals surface area contributed by atoms with Crippen LogP contribution < -0.4 is 5.73 Å². The van der Waals surface area contributed by atoms with E-state index in [9.17, 15) is 9.59 Å². The number of esters is 1. The molecule has 1 heterocycles. The summed E-state index contributed by atoms with van der Waals surface area (Å²) in [6, 6.07) is -1.01. The van der Waals surface area contributed by atoms with Crippen LogP contribution in [0.15, 0.2) is 0 Å². The lowest BCUT2D eigenvalue weighted by molar-refractivity contribution is -0.143. The summed E-state index contributed by atoms with van der Waals surface area (Å²) < 4.78 is 16.0. The fourth-order valence-corrected chi connectivity index (χ4v) is 2.36. The lowest BCUT2D eigenvalue weighted by atomic mass is 10.0. The number of amides is 1. The Kier molecular flexibility index (Phi) is 5.81. The van der Waals surface area contributed by atoms with E-state index < -0.39 is 29.5 Å². The van der Waals surface area contributed by atoms with Gasteiger partial charge in [-0.05, 0) is 41.5 Å². The highest BCUT2D eigenvalue weighted by Gasteiger charge is 2.48. The van der Waals surface area contributed by atoms with Crippen LogP contribution >= 0.6 is 0 Å². The van der Waals surface area contributed by atoms with Gasteiger partial charge >= 0.3 is 12.1 Å². The van der Waals surface area contributed by atoms with Gasteiger partial charge in [-0.1, -0.05) is 0 Å². The van der Waals surface area contributed by atoms with Crippen molar-refractivity contribution in [1.82, 2.24) is 4.90 Å². The first kappa shape index (κ1) is 18.7. The summed E-state index contributed by atoms with van der Waals surface area (Å²) in [5, 5.41) is 0. The minimum absolute atomic E-state index is 0.0250. The van der Waals surface area contributed by atoms with Gasteiger partial charge in [0.1, 0.15) is 11.3 Å². The SMILES string of the molecule is CCOC(=O)CC(N)C1COC(C)(C)N1C(=O)OC(C)(C)C. The second-order valence-electron chi connectivity index (χ2n) is 6.85. The predicted molar refractivity (Wildman–Crippen MR) is 81.1 cm³/mol. The summed E-state index contributed by atoms with van der Waals surface area (Å²) in [5.74, 6) is -0.385. The van der Waals surface area contributed by atoms with Crippen molar-refractivity contribution in [3.8, 4) is 0 Å². The quantitative estimate of drug-likeness (QED) is 0.793. The molecule has 0 saturated carbocycles. The van der Waals surface area contributed by atoms with Gasteiger partial charge in [0, 0.05) is 6.04 Å². The van der Waals surface area contributed by atoms with Crippen LogP contribution in [0.25, 0.3) is 0 Å². The largest absolute Gasteiger partial charge is 0.466 e. The minimum atomic E-state index is -0.834. The van der Waals surface area contributed by atoms with E-state index in [0.29, 0.717) is 6.61 Å². The van der Waals surface area contributed by atoms with Gasteiger partial charge in [0.05, 0.1) is 25.7 Å². The molecule has 1 fully saturated rings. The van der Waals surface area contributed by atoms with Gasteiger partial charge in [-0.25, -0.2) is 4.79 Å². The summed E-state index contributed by atoms with van der Waals surface area (Å²) in [7, 11) is 0. The van der Waals surface area contributed by atoms with Gasteiger partial charge in [-0.3, -0.25) is 9.69 Å². The average Bonchev–Trinajstić information content (AvgIpc) is 2.62. The van der Waals surface area contributed by atoms with Crippen LogP contribution in [0.4, 0.5) is 4.79 Å². The lowest BCUT2D eigenvalue weighted by Gasteiger charge is -2.36. The number of nitrogens with two attached hydrogens (primary N) is 1. The van der Waals surface area contributed by atoms with Crippen LogP contribution in [0.1, 0.15) is 48.0 Å². The van der Waals surface area contributed by atoms with Gasteiger partial charge in [0.25, 0.3) is 0 Å². The Balaban J connectivity index is 2.84. The minimum Gasteiger partial charge on any atom is -0.466 e. The molecule has 1 rings (SSSR count). The van der Waals surface area contributed by atoms with Gasteiger partial charge < -0.3 is 19.9 Å². The zero-order valence-electron chi connectivity index (χ0n) is 14.3. The smallest absolute Gasteiger partial charge is 0.412 e. The van der Waals surface area contributed by atoms with E-state index in [0.717, 1.165) is 0 Å². The number of ether oxygens (including phenoxy) is 3. The van der Waals surface area contributed by atoms with E-state index in [4.69, 9.17) is 19.9 Å². The molecule has 7 nitrogen and oxygen atoms in total.